The number of aromatic nitrogens is 3. The Balaban J connectivity index is 1.40. The maximum Gasteiger partial charge on any atom is 0.322 e. The first-order valence-electron chi connectivity index (χ1n) is 7.97. The van der Waals surface area contributed by atoms with Crippen molar-refractivity contribution in [1.82, 2.24) is 15.2 Å². The van der Waals surface area contributed by atoms with E-state index in [1.807, 2.05) is 36.6 Å². The number of hydrogen-bond donors (Lipinski definition) is 1. The molecular formula is C17H18N4O3S2. The predicted molar refractivity (Wildman–Crippen MR) is 102 cm³/mol. The fraction of sp³-hybridized carbons (Fsp3) is 0.294. The number of aryl methyl sites for hydroxylation is 1. The van der Waals surface area contributed by atoms with Gasteiger partial charge in [0.2, 0.25) is 5.91 Å². The smallest absolute Gasteiger partial charge is 0.322 e. The van der Waals surface area contributed by atoms with E-state index >= 15 is 0 Å². The van der Waals surface area contributed by atoms with Crippen molar-refractivity contribution < 1.29 is 13.9 Å². The van der Waals surface area contributed by atoms with Crippen LogP contribution in [0.15, 0.2) is 39.0 Å². The highest BCUT2D eigenvalue weighted by molar-refractivity contribution is 7.99. The number of thiazole rings is 1. The molecule has 0 aliphatic heterocycles. The number of carbonyl (C=O) groups excluding carboxylic acids is 1. The maximum absolute atomic E-state index is 12.0. The number of amides is 1. The quantitative estimate of drug-likeness (QED) is 0.459. The molecule has 26 heavy (non-hydrogen) atoms. The standard InChI is InChI=1S/C17H18N4O3S2/c1-11-18-14(10-26-11)16-20-21-17(24-16)19-15(22)4-3-9-25-13-7-5-12(23-2)6-8-13/h5-8,10H,3-4,9H2,1-2H3,(H,19,21,22). The Bertz CT molecular complexity index is 861. The molecule has 9 heteroatoms. The maximum atomic E-state index is 12.0. The summed E-state index contributed by atoms with van der Waals surface area (Å²) in [5.41, 5.74) is 0.622. The summed E-state index contributed by atoms with van der Waals surface area (Å²) in [6, 6.07) is 7.95. The van der Waals surface area contributed by atoms with Gasteiger partial charge in [0.1, 0.15) is 11.4 Å². The fourth-order valence-corrected chi connectivity index (χ4v) is 3.56. The van der Waals surface area contributed by atoms with E-state index in [9.17, 15) is 4.79 Å². The number of hydrogen-bond acceptors (Lipinski definition) is 8. The number of rotatable bonds is 8. The Labute approximate surface area is 159 Å². The molecule has 0 unspecified atom stereocenters. The van der Waals surface area contributed by atoms with E-state index in [1.54, 1.807) is 18.9 Å². The van der Waals surface area contributed by atoms with Gasteiger partial charge in [0.25, 0.3) is 5.89 Å². The molecular weight excluding hydrogens is 372 g/mol. The second kappa shape index (κ2) is 8.81. The normalized spacial score (nSPS) is 10.7. The summed E-state index contributed by atoms with van der Waals surface area (Å²) in [5.74, 6) is 1.83. The van der Waals surface area contributed by atoms with E-state index in [0.717, 1.165) is 27.8 Å². The van der Waals surface area contributed by atoms with Crippen LogP contribution in [-0.2, 0) is 4.79 Å². The largest absolute Gasteiger partial charge is 0.497 e. The minimum Gasteiger partial charge on any atom is -0.497 e. The number of anilines is 1. The fourth-order valence-electron chi connectivity index (χ4n) is 2.12. The van der Waals surface area contributed by atoms with Crippen molar-refractivity contribution in [3.8, 4) is 17.3 Å². The summed E-state index contributed by atoms with van der Waals surface area (Å²) >= 11 is 3.20. The summed E-state index contributed by atoms with van der Waals surface area (Å²) in [6.45, 7) is 1.90. The molecule has 3 aromatic rings. The van der Waals surface area contributed by atoms with Crippen LogP contribution in [0.5, 0.6) is 5.75 Å². The average molecular weight is 390 g/mol. The Morgan fingerprint density at radius 3 is 2.81 bits per heavy atom. The van der Waals surface area contributed by atoms with Gasteiger partial charge in [-0.3, -0.25) is 10.1 Å². The minimum atomic E-state index is -0.148. The summed E-state index contributed by atoms with van der Waals surface area (Å²) in [5, 5.41) is 13.1. The molecule has 0 aliphatic rings. The monoisotopic (exact) mass is 390 g/mol. The van der Waals surface area contributed by atoms with Crippen molar-refractivity contribution in [3.05, 3.63) is 34.7 Å². The van der Waals surface area contributed by atoms with Crippen LogP contribution in [0.2, 0.25) is 0 Å². The second-order valence-electron chi connectivity index (χ2n) is 5.34. The highest BCUT2D eigenvalue weighted by atomic mass is 32.2. The van der Waals surface area contributed by atoms with Crippen molar-refractivity contribution >= 4 is 35.0 Å². The zero-order valence-corrected chi connectivity index (χ0v) is 16.0. The van der Waals surface area contributed by atoms with Gasteiger partial charge in [0, 0.05) is 16.7 Å². The van der Waals surface area contributed by atoms with E-state index in [4.69, 9.17) is 9.15 Å². The molecule has 0 fully saturated rings. The van der Waals surface area contributed by atoms with Crippen molar-refractivity contribution in [2.45, 2.75) is 24.7 Å². The molecule has 0 spiro atoms. The van der Waals surface area contributed by atoms with Crippen molar-refractivity contribution in [3.63, 3.8) is 0 Å². The van der Waals surface area contributed by atoms with E-state index in [2.05, 4.69) is 20.5 Å². The average Bonchev–Trinajstić information content (AvgIpc) is 3.28. The van der Waals surface area contributed by atoms with Crippen LogP contribution in [0.25, 0.3) is 11.6 Å². The van der Waals surface area contributed by atoms with Gasteiger partial charge in [-0.05, 0) is 43.4 Å². The molecule has 2 aromatic heterocycles. The summed E-state index contributed by atoms with van der Waals surface area (Å²) in [4.78, 5) is 17.4. The topological polar surface area (TPSA) is 90.1 Å². The molecule has 2 heterocycles. The lowest BCUT2D eigenvalue weighted by atomic mass is 10.3. The van der Waals surface area contributed by atoms with E-state index in [-0.39, 0.29) is 11.9 Å². The number of nitrogens with zero attached hydrogens (tertiary/aromatic N) is 3. The number of methoxy groups -OCH3 is 1. The highest BCUT2D eigenvalue weighted by Crippen LogP contribution is 2.23. The van der Waals surface area contributed by atoms with Gasteiger partial charge in [-0.15, -0.1) is 28.2 Å². The first kappa shape index (κ1) is 18.4. The van der Waals surface area contributed by atoms with Gasteiger partial charge in [-0.2, -0.15) is 0 Å². The molecule has 0 atom stereocenters. The van der Waals surface area contributed by atoms with E-state index in [0.29, 0.717) is 18.0 Å². The zero-order valence-electron chi connectivity index (χ0n) is 14.4. The third kappa shape index (κ3) is 5.06. The summed E-state index contributed by atoms with van der Waals surface area (Å²) in [7, 11) is 1.64. The van der Waals surface area contributed by atoms with Crippen molar-refractivity contribution in [2.24, 2.45) is 0 Å². The van der Waals surface area contributed by atoms with Crippen LogP contribution >= 0.6 is 23.1 Å². The molecule has 1 N–H and O–H groups in total. The molecule has 0 saturated heterocycles. The highest BCUT2D eigenvalue weighted by Gasteiger charge is 2.13. The van der Waals surface area contributed by atoms with E-state index in [1.165, 1.54) is 11.3 Å². The molecule has 7 nitrogen and oxygen atoms in total. The van der Waals surface area contributed by atoms with Crippen LogP contribution in [0, 0.1) is 6.92 Å². The van der Waals surface area contributed by atoms with Crippen LogP contribution in [0.1, 0.15) is 17.8 Å². The number of thioether (sulfide) groups is 1. The summed E-state index contributed by atoms with van der Waals surface area (Å²) in [6.07, 6.45) is 1.13. The zero-order chi connectivity index (χ0) is 18.4. The Morgan fingerprint density at radius 1 is 1.31 bits per heavy atom. The lowest BCUT2D eigenvalue weighted by Crippen LogP contribution is -2.11. The Hall–Kier alpha value is -2.39. The van der Waals surface area contributed by atoms with Crippen LogP contribution in [0.3, 0.4) is 0 Å². The molecule has 0 bridgehead atoms. The third-order valence-corrected chi connectivity index (χ3v) is 5.26. The predicted octanol–water partition coefficient (Wildman–Crippen LogP) is 4.02. The third-order valence-electron chi connectivity index (χ3n) is 3.39. The number of ether oxygens (including phenoxy) is 1. The van der Waals surface area contributed by atoms with Crippen LogP contribution < -0.4 is 10.1 Å². The van der Waals surface area contributed by atoms with Crippen LogP contribution in [-0.4, -0.2) is 34.0 Å². The van der Waals surface area contributed by atoms with Gasteiger partial charge >= 0.3 is 6.01 Å². The molecule has 1 amide bonds. The minimum absolute atomic E-state index is 0.0958. The van der Waals surface area contributed by atoms with Gasteiger partial charge in [0.15, 0.2) is 0 Å². The second-order valence-corrected chi connectivity index (χ2v) is 7.57. The van der Waals surface area contributed by atoms with Crippen LogP contribution in [0.4, 0.5) is 6.01 Å². The van der Waals surface area contributed by atoms with Crippen molar-refractivity contribution in [1.29, 1.82) is 0 Å². The first-order valence-corrected chi connectivity index (χ1v) is 9.83. The Morgan fingerprint density at radius 2 is 2.12 bits per heavy atom. The first-order chi connectivity index (χ1) is 12.6. The molecule has 0 saturated carbocycles. The van der Waals surface area contributed by atoms with E-state index < -0.39 is 0 Å². The van der Waals surface area contributed by atoms with Gasteiger partial charge in [-0.25, -0.2) is 4.98 Å². The summed E-state index contributed by atoms with van der Waals surface area (Å²) < 4.78 is 10.6. The van der Waals surface area contributed by atoms with Gasteiger partial charge in [-0.1, -0.05) is 5.10 Å². The molecule has 0 aliphatic carbocycles. The molecule has 0 radical (unpaired) electrons. The lowest BCUT2D eigenvalue weighted by Gasteiger charge is -2.03. The molecule has 136 valence electrons. The lowest BCUT2D eigenvalue weighted by molar-refractivity contribution is -0.116. The molecule has 3 rings (SSSR count). The number of carbonyl (C=O) groups is 1. The van der Waals surface area contributed by atoms with Gasteiger partial charge < -0.3 is 9.15 Å². The van der Waals surface area contributed by atoms with Gasteiger partial charge in [0.05, 0.1) is 12.1 Å². The SMILES string of the molecule is COc1ccc(SCCCC(=O)Nc2nnc(-c3csc(C)n3)o2)cc1. The Kier molecular flexibility index (Phi) is 6.24. The number of benzene rings is 1. The number of nitrogens with one attached hydrogen (secondary N) is 1. The molecule has 1 aromatic carbocycles. The van der Waals surface area contributed by atoms with Crippen molar-refractivity contribution in [2.75, 3.05) is 18.2 Å².